The minimum absolute atomic E-state index is 0.00111. The standard InChI is InChI=1S/C26H32FN3O2S/c1-14(2)16-6-8-17(9-7-16)25-30-21-12-19(26(4,5)32)20(13-23(21)33-25)29-24(31)22-11-18(27)10-15(3)28-22/h10-14,16-17,32H,6-9H2,1-5H3,(H,29,31)/t16-,17-. The van der Waals surface area contributed by atoms with Crippen LogP contribution in [0.1, 0.15) is 86.0 Å². The quantitative estimate of drug-likeness (QED) is 0.444. The second-order valence-electron chi connectivity index (χ2n) is 10.1. The molecule has 1 aliphatic carbocycles. The average Bonchev–Trinajstić information content (AvgIpc) is 3.15. The Balaban J connectivity index is 1.65. The van der Waals surface area contributed by atoms with Gasteiger partial charge in [0.05, 0.1) is 20.8 Å². The molecule has 1 amide bonds. The molecule has 176 valence electrons. The largest absolute Gasteiger partial charge is 0.386 e. The molecule has 1 aromatic carbocycles. The monoisotopic (exact) mass is 469 g/mol. The van der Waals surface area contributed by atoms with E-state index in [2.05, 4.69) is 24.1 Å². The summed E-state index contributed by atoms with van der Waals surface area (Å²) >= 11 is 1.66. The van der Waals surface area contributed by atoms with Crippen molar-refractivity contribution in [1.29, 1.82) is 0 Å². The van der Waals surface area contributed by atoms with Crippen molar-refractivity contribution in [1.82, 2.24) is 9.97 Å². The van der Waals surface area contributed by atoms with E-state index in [9.17, 15) is 14.3 Å². The second kappa shape index (κ2) is 9.11. The number of aromatic nitrogens is 2. The van der Waals surface area contributed by atoms with Crippen LogP contribution in [0.15, 0.2) is 24.3 Å². The van der Waals surface area contributed by atoms with Crippen molar-refractivity contribution in [2.75, 3.05) is 5.32 Å². The van der Waals surface area contributed by atoms with E-state index in [-0.39, 0.29) is 5.69 Å². The first-order chi connectivity index (χ1) is 15.5. The van der Waals surface area contributed by atoms with Crippen LogP contribution < -0.4 is 5.32 Å². The number of benzene rings is 1. The summed E-state index contributed by atoms with van der Waals surface area (Å²) < 4.78 is 14.7. The third kappa shape index (κ3) is 5.25. The van der Waals surface area contributed by atoms with Crippen molar-refractivity contribution in [3.05, 3.63) is 52.0 Å². The van der Waals surface area contributed by atoms with Gasteiger partial charge in [0.25, 0.3) is 5.91 Å². The van der Waals surface area contributed by atoms with Crippen LogP contribution in [0.25, 0.3) is 10.2 Å². The molecular weight excluding hydrogens is 437 g/mol. The van der Waals surface area contributed by atoms with Gasteiger partial charge < -0.3 is 10.4 Å². The lowest BCUT2D eigenvalue weighted by molar-refractivity contribution is 0.0794. The molecule has 0 bridgehead atoms. The first-order valence-corrected chi connectivity index (χ1v) is 12.5. The van der Waals surface area contributed by atoms with E-state index in [0.29, 0.717) is 22.9 Å². The van der Waals surface area contributed by atoms with Gasteiger partial charge in [0.15, 0.2) is 0 Å². The fourth-order valence-electron chi connectivity index (χ4n) is 4.74. The van der Waals surface area contributed by atoms with Crippen LogP contribution in [0, 0.1) is 24.6 Å². The molecule has 0 aliphatic heterocycles. The van der Waals surface area contributed by atoms with Crippen molar-refractivity contribution >= 4 is 33.1 Å². The minimum Gasteiger partial charge on any atom is -0.386 e. The van der Waals surface area contributed by atoms with E-state index in [1.807, 2.05) is 12.1 Å². The minimum atomic E-state index is -1.19. The number of aryl methyl sites for hydroxylation is 1. The lowest BCUT2D eigenvalue weighted by Gasteiger charge is -2.29. The Kier molecular flexibility index (Phi) is 6.56. The van der Waals surface area contributed by atoms with Gasteiger partial charge in [-0.2, -0.15) is 0 Å². The highest BCUT2D eigenvalue weighted by atomic mass is 32.1. The van der Waals surface area contributed by atoms with Crippen LogP contribution >= 0.6 is 11.3 Å². The predicted octanol–water partition coefficient (Wildman–Crippen LogP) is 6.55. The number of aliphatic hydroxyl groups is 1. The number of fused-ring (bicyclic) bond motifs is 1. The smallest absolute Gasteiger partial charge is 0.274 e. The molecule has 2 heterocycles. The summed E-state index contributed by atoms with van der Waals surface area (Å²) in [5, 5.41) is 14.7. The number of carbonyl (C=O) groups excluding carboxylic acids is 1. The van der Waals surface area contributed by atoms with Crippen LogP contribution in [0.4, 0.5) is 10.1 Å². The molecule has 0 unspecified atom stereocenters. The van der Waals surface area contributed by atoms with Gasteiger partial charge in [-0.1, -0.05) is 13.8 Å². The lowest BCUT2D eigenvalue weighted by atomic mass is 9.77. The molecule has 7 heteroatoms. The summed E-state index contributed by atoms with van der Waals surface area (Å²) in [7, 11) is 0. The van der Waals surface area contributed by atoms with Gasteiger partial charge in [0.2, 0.25) is 0 Å². The molecule has 1 saturated carbocycles. The van der Waals surface area contributed by atoms with E-state index >= 15 is 0 Å². The molecule has 1 fully saturated rings. The number of amides is 1. The number of halogens is 1. The maximum atomic E-state index is 13.8. The Morgan fingerprint density at radius 2 is 1.85 bits per heavy atom. The molecular formula is C26H32FN3O2S. The van der Waals surface area contributed by atoms with Crippen LogP contribution in [-0.2, 0) is 5.60 Å². The fourth-order valence-corrected chi connectivity index (χ4v) is 5.90. The maximum Gasteiger partial charge on any atom is 0.274 e. The highest BCUT2D eigenvalue weighted by Gasteiger charge is 2.28. The zero-order valence-corrected chi connectivity index (χ0v) is 20.7. The zero-order valence-electron chi connectivity index (χ0n) is 19.9. The number of nitrogens with one attached hydrogen (secondary N) is 1. The molecule has 5 nitrogen and oxygen atoms in total. The van der Waals surface area contributed by atoms with E-state index in [0.717, 1.165) is 46.0 Å². The second-order valence-corrected chi connectivity index (χ2v) is 11.2. The maximum absolute atomic E-state index is 13.8. The Bertz CT molecular complexity index is 1150. The first-order valence-electron chi connectivity index (χ1n) is 11.6. The molecule has 0 radical (unpaired) electrons. The summed E-state index contributed by atoms with van der Waals surface area (Å²) in [5.74, 6) is 0.947. The number of thiazole rings is 1. The van der Waals surface area contributed by atoms with Crippen LogP contribution in [0.5, 0.6) is 0 Å². The summed E-state index contributed by atoms with van der Waals surface area (Å²) in [5.41, 5.74) is 1.12. The van der Waals surface area contributed by atoms with Gasteiger partial charge in [0, 0.05) is 28.9 Å². The molecule has 4 rings (SSSR count). The van der Waals surface area contributed by atoms with Crippen molar-refractivity contribution in [3.8, 4) is 0 Å². The van der Waals surface area contributed by atoms with Crippen molar-refractivity contribution < 1.29 is 14.3 Å². The zero-order chi connectivity index (χ0) is 23.9. The summed E-state index contributed by atoms with van der Waals surface area (Å²) in [6.45, 7) is 9.60. The van der Waals surface area contributed by atoms with Crippen molar-refractivity contribution in [3.63, 3.8) is 0 Å². The highest BCUT2D eigenvalue weighted by Crippen LogP contribution is 2.42. The van der Waals surface area contributed by atoms with E-state index < -0.39 is 17.3 Å². The molecule has 0 atom stereocenters. The molecule has 3 aromatic rings. The van der Waals surface area contributed by atoms with Crippen LogP contribution in [0.2, 0.25) is 0 Å². The summed E-state index contributed by atoms with van der Waals surface area (Å²) in [4.78, 5) is 21.9. The highest BCUT2D eigenvalue weighted by molar-refractivity contribution is 7.18. The summed E-state index contributed by atoms with van der Waals surface area (Å²) in [6.07, 6.45) is 4.76. The molecule has 1 aliphatic rings. The van der Waals surface area contributed by atoms with Gasteiger partial charge >= 0.3 is 0 Å². The van der Waals surface area contributed by atoms with Crippen LogP contribution in [0.3, 0.4) is 0 Å². The van der Waals surface area contributed by atoms with E-state index in [4.69, 9.17) is 4.98 Å². The Labute approximate surface area is 198 Å². The lowest BCUT2D eigenvalue weighted by Crippen LogP contribution is -2.21. The van der Waals surface area contributed by atoms with Gasteiger partial charge in [-0.25, -0.2) is 14.4 Å². The number of hydrogen-bond acceptors (Lipinski definition) is 5. The van der Waals surface area contributed by atoms with Gasteiger partial charge in [-0.05, 0) is 76.5 Å². The number of carbonyl (C=O) groups is 1. The predicted molar refractivity (Wildman–Crippen MR) is 131 cm³/mol. The van der Waals surface area contributed by atoms with E-state index in [1.165, 1.54) is 18.9 Å². The average molecular weight is 470 g/mol. The SMILES string of the molecule is Cc1cc(F)cc(C(=O)Nc2cc3sc([C@H]4CC[C@H](C(C)C)CC4)nc3cc2C(C)(C)O)n1. The molecule has 2 N–H and O–H groups in total. The molecule has 0 saturated heterocycles. The number of anilines is 1. The van der Waals surface area contributed by atoms with E-state index in [1.54, 1.807) is 32.1 Å². The van der Waals surface area contributed by atoms with Gasteiger partial charge in [-0.15, -0.1) is 11.3 Å². The third-order valence-electron chi connectivity index (χ3n) is 6.67. The number of pyridine rings is 1. The third-order valence-corrected chi connectivity index (χ3v) is 7.85. The Hall–Kier alpha value is -2.38. The summed E-state index contributed by atoms with van der Waals surface area (Å²) in [6, 6.07) is 6.12. The fraction of sp³-hybridized carbons (Fsp3) is 0.500. The van der Waals surface area contributed by atoms with Gasteiger partial charge in [-0.3, -0.25) is 4.79 Å². The number of nitrogens with zero attached hydrogens (tertiary/aromatic N) is 2. The Morgan fingerprint density at radius 1 is 1.15 bits per heavy atom. The van der Waals surface area contributed by atoms with Gasteiger partial charge in [0.1, 0.15) is 11.5 Å². The molecule has 0 spiro atoms. The first kappa shape index (κ1) is 23.8. The molecule has 33 heavy (non-hydrogen) atoms. The molecule has 2 aromatic heterocycles. The number of rotatable bonds is 5. The Morgan fingerprint density at radius 3 is 2.45 bits per heavy atom. The number of hydrogen-bond donors (Lipinski definition) is 2. The van der Waals surface area contributed by atoms with Crippen molar-refractivity contribution in [2.45, 2.75) is 71.8 Å². The topological polar surface area (TPSA) is 75.1 Å². The van der Waals surface area contributed by atoms with Crippen LogP contribution in [-0.4, -0.2) is 21.0 Å². The van der Waals surface area contributed by atoms with Crippen molar-refractivity contribution in [2.24, 2.45) is 11.8 Å². The normalized spacial score (nSPS) is 19.3.